The molecule has 0 unspecified atom stereocenters. The van der Waals surface area contributed by atoms with Gasteiger partial charge in [-0.3, -0.25) is 0 Å². The highest BCUT2D eigenvalue weighted by Gasteiger charge is 2.21. The predicted octanol–water partition coefficient (Wildman–Crippen LogP) is 2.85. The highest BCUT2D eigenvalue weighted by atomic mass is 32.2. The van der Waals surface area contributed by atoms with Crippen molar-refractivity contribution in [2.45, 2.75) is 32.9 Å². The van der Waals surface area contributed by atoms with E-state index in [-0.39, 0.29) is 11.5 Å². The van der Waals surface area contributed by atoms with Gasteiger partial charge in [0.05, 0.1) is 23.0 Å². The SMILES string of the molecule is Cc1cccc(CS(=O)(=O)CCC(C)(C)C#N)c1. The highest BCUT2D eigenvalue weighted by Crippen LogP contribution is 2.20. The Morgan fingerprint density at radius 1 is 1.33 bits per heavy atom. The lowest BCUT2D eigenvalue weighted by molar-refractivity contribution is 0.473. The molecule has 0 radical (unpaired) electrons. The van der Waals surface area contributed by atoms with E-state index in [9.17, 15) is 8.42 Å². The van der Waals surface area contributed by atoms with Crippen LogP contribution >= 0.6 is 0 Å². The summed E-state index contributed by atoms with van der Waals surface area (Å²) in [5, 5.41) is 8.87. The fourth-order valence-corrected chi connectivity index (χ4v) is 3.25. The molecule has 3 nitrogen and oxygen atoms in total. The monoisotopic (exact) mass is 265 g/mol. The maximum atomic E-state index is 12.0. The number of hydrogen-bond donors (Lipinski definition) is 0. The van der Waals surface area contributed by atoms with Gasteiger partial charge in [0.1, 0.15) is 0 Å². The van der Waals surface area contributed by atoms with Gasteiger partial charge < -0.3 is 0 Å². The van der Waals surface area contributed by atoms with Crippen LogP contribution in [0.25, 0.3) is 0 Å². The number of benzene rings is 1. The molecular weight excluding hydrogens is 246 g/mol. The largest absolute Gasteiger partial charge is 0.228 e. The summed E-state index contributed by atoms with van der Waals surface area (Å²) >= 11 is 0. The van der Waals surface area contributed by atoms with Crippen LogP contribution in [0.3, 0.4) is 0 Å². The maximum Gasteiger partial charge on any atom is 0.154 e. The molecule has 4 heteroatoms. The van der Waals surface area contributed by atoms with Crippen LogP contribution in [-0.4, -0.2) is 14.2 Å². The molecule has 0 N–H and O–H groups in total. The fourth-order valence-electron chi connectivity index (χ4n) is 1.59. The van der Waals surface area contributed by atoms with E-state index in [1.165, 1.54) is 0 Å². The lowest BCUT2D eigenvalue weighted by Gasteiger charge is -2.14. The van der Waals surface area contributed by atoms with Crippen LogP contribution in [0, 0.1) is 23.7 Å². The van der Waals surface area contributed by atoms with E-state index < -0.39 is 15.3 Å². The van der Waals surface area contributed by atoms with Crippen LogP contribution in [0.5, 0.6) is 0 Å². The van der Waals surface area contributed by atoms with Gasteiger partial charge in [0.2, 0.25) is 0 Å². The molecule has 0 saturated heterocycles. The molecule has 18 heavy (non-hydrogen) atoms. The minimum Gasteiger partial charge on any atom is -0.228 e. The van der Waals surface area contributed by atoms with Crippen LogP contribution in [-0.2, 0) is 15.6 Å². The fraction of sp³-hybridized carbons (Fsp3) is 0.500. The lowest BCUT2D eigenvalue weighted by atomic mass is 9.93. The van der Waals surface area contributed by atoms with Crippen molar-refractivity contribution in [3.8, 4) is 6.07 Å². The standard InChI is InChI=1S/C14H19NO2S/c1-12-5-4-6-13(9-12)10-18(16,17)8-7-14(2,3)11-15/h4-6,9H,7-8,10H2,1-3H3. The molecule has 0 aliphatic heterocycles. The third-order valence-corrected chi connectivity index (χ3v) is 4.41. The summed E-state index contributed by atoms with van der Waals surface area (Å²) in [6.45, 7) is 5.46. The molecule has 0 amide bonds. The van der Waals surface area contributed by atoms with Crippen LogP contribution in [0.4, 0.5) is 0 Å². The normalized spacial score (nSPS) is 12.1. The Balaban J connectivity index is 2.69. The molecule has 1 rings (SSSR count). The average Bonchev–Trinajstić information content (AvgIpc) is 2.26. The quantitative estimate of drug-likeness (QED) is 0.822. The van der Waals surface area contributed by atoms with Gasteiger partial charge in [0.15, 0.2) is 9.84 Å². The summed E-state index contributed by atoms with van der Waals surface area (Å²) in [4.78, 5) is 0. The number of hydrogen-bond acceptors (Lipinski definition) is 3. The van der Waals surface area contributed by atoms with Crippen molar-refractivity contribution in [3.05, 3.63) is 35.4 Å². The van der Waals surface area contributed by atoms with E-state index in [1.807, 2.05) is 31.2 Å². The lowest BCUT2D eigenvalue weighted by Crippen LogP contribution is -2.17. The van der Waals surface area contributed by atoms with Gasteiger partial charge in [-0.15, -0.1) is 0 Å². The second kappa shape index (κ2) is 5.53. The second-order valence-electron chi connectivity index (χ2n) is 5.33. The molecule has 0 aromatic heterocycles. The van der Waals surface area contributed by atoms with E-state index in [1.54, 1.807) is 13.8 Å². The molecule has 0 heterocycles. The first-order chi connectivity index (χ1) is 8.24. The van der Waals surface area contributed by atoms with E-state index in [0.717, 1.165) is 11.1 Å². The third-order valence-electron chi connectivity index (χ3n) is 2.81. The molecule has 0 aliphatic carbocycles. The number of nitrogens with zero attached hydrogens (tertiary/aromatic N) is 1. The Labute approximate surface area is 109 Å². The first-order valence-electron chi connectivity index (χ1n) is 5.91. The average molecular weight is 265 g/mol. The van der Waals surface area contributed by atoms with Gasteiger partial charge in [-0.25, -0.2) is 8.42 Å². The van der Waals surface area contributed by atoms with Crippen molar-refractivity contribution in [1.82, 2.24) is 0 Å². The smallest absolute Gasteiger partial charge is 0.154 e. The predicted molar refractivity (Wildman–Crippen MR) is 72.7 cm³/mol. The summed E-state index contributed by atoms with van der Waals surface area (Å²) in [5.41, 5.74) is 1.28. The second-order valence-corrected chi connectivity index (χ2v) is 7.51. The van der Waals surface area contributed by atoms with Gasteiger partial charge in [0, 0.05) is 0 Å². The van der Waals surface area contributed by atoms with Gasteiger partial charge >= 0.3 is 0 Å². The van der Waals surface area contributed by atoms with Crippen molar-refractivity contribution in [3.63, 3.8) is 0 Å². The van der Waals surface area contributed by atoms with E-state index >= 15 is 0 Å². The topological polar surface area (TPSA) is 57.9 Å². The van der Waals surface area contributed by atoms with E-state index in [2.05, 4.69) is 6.07 Å². The Hall–Kier alpha value is -1.34. The summed E-state index contributed by atoms with van der Waals surface area (Å²) in [5.74, 6) is 0.109. The van der Waals surface area contributed by atoms with Crippen molar-refractivity contribution in [1.29, 1.82) is 5.26 Å². The molecule has 0 aliphatic rings. The highest BCUT2D eigenvalue weighted by molar-refractivity contribution is 7.90. The van der Waals surface area contributed by atoms with Crippen molar-refractivity contribution in [2.24, 2.45) is 5.41 Å². The molecule has 0 saturated carbocycles. The van der Waals surface area contributed by atoms with E-state index in [0.29, 0.717) is 6.42 Å². The summed E-state index contributed by atoms with van der Waals surface area (Å²) < 4.78 is 23.9. The van der Waals surface area contributed by atoms with Gasteiger partial charge in [0.25, 0.3) is 0 Å². The molecule has 0 bridgehead atoms. The molecule has 0 spiro atoms. The summed E-state index contributed by atoms with van der Waals surface area (Å²) in [7, 11) is -3.15. The minimum atomic E-state index is -3.15. The molecule has 98 valence electrons. The van der Waals surface area contributed by atoms with Crippen molar-refractivity contribution in [2.75, 3.05) is 5.75 Å². The first-order valence-corrected chi connectivity index (χ1v) is 7.73. The Morgan fingerprint density at radius 3 is 2.56 bits per heavy atom. The first kappa shape index (κ1) is 14.7. The van der Waals surface area contributed by atoms with Gasteiger partial charge in [-0.2, -0.15) is 5.26 Å². The van der Waals surface area contributed by atoms with E-state index in [4.69, 9.17) is 5.26 Å². The Kier molecular flexibility index (Phi) is 4.53. The molecule has 0 atom stereocenters. The third kappa shape index (κ3) is 4.89. The molecule has 1 aromatic rings. The van der Waals surface area contributed by atoms with Crippen LogP contribution in [0.15, 0.2) is 24.3 Å². The van der Waals surface area contributed by atoms with Crippen LogP contribution in [0.2, 0.25) is 0 Å². The zero-order valence-corrected chi connectivity index (χ0v) is 11.9. The van der Waals surface area contributed by atoms with Gasteiger partial charge in [-0.1, -0.05) is 29.8 Å². The number of rotatable bonds is 5. The Morgan fingerprint density at radius 2 is 2.00 bits per heavy atom. The minimum absolute atomic E-state index is 0.0518. The van der Waals surface area contributed by atoms with Crippen LogP contribution in [0.1, 0.15) is 31.4 Å². The zero-order chi connectivity index (χ0) is 13.8. The van der Waals surface area contributed by atoms with Crippen molar-refractivity contribution >= 4 is 9.84 Å². The molecule has 1 aromatic carbocycles. The summed E-state index contributed by atoms with van der Waals surface area (Å²) in [6.07, 6.45) is 0.373. The number of aryl methyl sites for hydroxylation is 1. The number of nitriles is 1. The van der Waals surface area contributed by atoms with Crippen LogP contribution < -0.4 is 0 Å². The summed E-state index contributed by atoms with van der Waals surface area (Å²) in [6, 6.07) is 9.62. The maximum absolute atomic E-state index is 12.0. The van der Waals surface area contributed by atoms with Crippen molar-refractivity contribution < 1.29 is 8.42 Å². The number of sulfone groups is 1. The Bertz CT molecular complexity index is 553. The molecular formula is C14H19NO2S. The zero-order valence-electron chi connectivity index (χ0n) is 11.1. The molecule has 0 fully saturated rings. The van der Waals surface area contributed by atoms with Gasteiger partial charge in [-0.05, 0) is 32.8 Å².